The molecule has 5 heterocycles. The summed E-state index contributed by atoms with van der Waals surface area (Å²) >= 11 is 0. The van der Waals surface area contributed by atoms with E-state index in [9.17, 15) is 48.9 Å². The molecular formula is C24H33N7O15P2. The fourth-order valence-corrected chi connectivity index (χ4v) is 7.37. The topological polar surface area (TPSA) is 335 Å². The first kappa shape index (κ1) is 36.1. The van der Waals surface area contributed by atoms with Crippen molar-refractivity contribution in [3.05, 3.63) is 36.7 Å². The number of aromatic nitrogens is 4. The number of Topliss-reactive ketones (excluding diaryl/α,β-unsaturated/α-hetero) is 1. The van der Waals surface area contributed by atoms with Crippen LogP contribution in [0, 0.1) is 5.92 Å². The number of allylic oxidation sites excluding steroid dienone is 1. The molecule has 5 rings (SSSR count). The normalized spacial score (nSPS) is 33.0. The fourth-order valence-electron chi connectivity index (χ4n) is 5.28. The largest absolute Gasteiger partial charge is 0.481 e. The predicted molar refractivity (Wildman–Crippen MR) is 156 cm³/mol. The van der Waals surface area contributed by atoms with E-state index < -0.39 is 89.8 Å². The molecule has 2 fully saturated rings. The summed E-state index contributed by atoms with van der Waals surface area (Å²) in [5, 5.41) is 42.0. The molecular weight excluding hydrogens is 688 g/mol. The molecule has 0 saturated carbocycles. The number of hydrogen-bond donors (Lipinski definition) is 8. The van der Waals surface area contributed by atoms with Gasteiger partial charge in [-0.15, -0.1) is 0 Å². The number of carbonyl (C=O) groups is 2. The number of aliphatic hydroxyl groups is 4. The number of ether oxygens (including phenoxy) is 2. The van der Waals surface area contributed by atoms with Gasteiger partial charge in [-0.25, -0.2) is 24.1 Å². The molecule has 24 heteroatoms. The zero-order chi connectivity index (χ0) is 35.1. The zero-order valence-electron chi connectivity index (χ0n) is 24.8. The number of ketones is 1. The smallest absolute Gasteiger partial charge is 0.387 e. The number of nitrogen functional groups attached to an aromatic ring is 1. The number of imidazole rings is 1. The summed E-state index contributed by atoms with van der Waals surface area (Å²) in [6.07, 6.45) is -5.76. The van der Waals surface area contributed by atoms with Crippen LogP contribution in [0.25, 0.3) is 11.2 Å². The maximum Gasteiger partial charge on any atom is 0.481 e. The highest BCUT2D eigenvalue weighted by molar-refractivity contribution is 7.61. The second kappa shape index (κ2) is 14.0. The van der Waals surface area contributed by atoms with Crippen LogP contribution in [0.4, 0.5) is 5.82 Å². The van der Waals surface area contributed by atoms with Gasteiger partial charge in [-0.1, -0.05) is 6.08 Å². The van der Waals surface area contributed by atoms with Crippen LogP contribution in [-0.2, 0) is 41.6 Å². The highest BCUT2D eigenvalue weighted by Gasteiger charge is 2.48. The van der Waals surface area contributed by atoms with Crippen molar-refractivity contribution in [2.45, 2.75) is 62.4 Å². The van der Waals surface area contributed by atoms with Crippen LogP contribution in [0.3, 0.4) is 0 Å². The number of carbonyl (C=O) groups excluding carboxylic acids is 2. The Bertz CT molecular complexity index is 1710. The van der Waals surface area contributed by atoms with Crippen molar-refractivity contribution in [3.63, 3.8) is 0 Å². The van der Waals surface area contributed by atoms with Crippen LogP contribution in [0.2, 0.25) is 0 Å². The Morgan fingerprint density at radius 2 is 1.52 bits per heavy atom. The third kappa shape index (κ3) is 7.66. The lowest BCUT2D eigenvalue weighted by Crippen LogP contribution is -2.41. The van der Waals surface area contributed by atoms with Crippen LogP contribution in [0.15, 0.2) is 36.7 Å². The van der Waals surface area contributed by atoms with Gasteiger partial charge in [0.05, 0.1) is 19.5 Å². The van der Waals surface area contributed by atoms with E-state index in [1.807, 2.05) is 0 Å². The number of phosphoric acid groups is 2. The number of primary amides is 1. The molecule has 264 valence electrons. The van der Waals surface area contributed by atoms with E-state index in [1.165, 1.54) is 41.2 Å². The molecule has 10 N–H and O–H groups in total. The minimum absolute atomic E-state index is 0.0120. The molecule has 2 saturated heterocycles. The highest BCUT2D eigenvalue weighted by atomic mass is 31.3. The van der Waals surface area contributed by atoms with E-state index in [1.54, 1.807) is 0 Å². The minimum atomic E-state index is -5.42. The molecule has 0 aromatic carbocycles. The van der Waals surface area contributed by atoms with Crippen LogP contribution < -0.4 is 11.5 Å². The molecule has 0 radical (unpaired) electrons. The molecule has 2 aromatic heterocycles. The van der Waals surface area contributed by atoms with Crippen molar-refractivity contribution < 1.29 is 71.8 Å². The van der Waals surface area contributed by atoms with E-state index in [0.717, 1.165) is 6.33 Å². The van der Waals surface area contributed by atoms with Gasteiger partial charge in [-0.3, -0.25) is 23.2 Å². The van der Waals surface area contributed by atoms with Gasteiger partial charge < -0.3 is 56.1 Å². The Hall–Kier alpha value is -3.21. The number of anilines is 1. The average Bonchev–Trinajstić information content (AvgIpc) is 3.65. The third-order valence-corrected chi connectivity index (χ3v) is 10.2. The summed E-state index contributed by atoms with van der Waals surface area (Å²) in [7, 11) is -10.8. The lowest BCUT2D eigenvalue weighted by atomic mass is 9.92. The lowest BCUT2D eigenvalue weighted by Gasteiger charge is -2.31. The van der Waals surface area contributed by atoms with Gasteiger partial charge in [0.25, 0.3) is 0 Å². The first-order chi connectivity index (χ1) is 22.5. The summed E-state index contributed by atoms with van der Waals surface area (Å²) < 4.78 is 51.1. The molecule has 0 bridgehead atoms. The predicted octanol–water partition coefficient (Wildman–Crippen LogP) is -2.48. The summed E-state index contributed by atoms with van der Waals surface area (Å²) in [5.41, 5.74) is 11.6. The lowest BCUT2D eigenvalue weighted by molar-refractivity contribution is -0.117. The second-order valence-electron chi connectivity index (χ2n) is 11.0. The maximum atomic E-state index is 12.5. The molecule has 22 nitrogen and oxygen atoms in total. The molecule has 2 aromatic rings. The number of rotatable bonds is 13. The molecule has 2 unspecified atom stereocenters. The van der Waals surface area contributed by atoms with Gasteiger partial charge in [-0.2, -0.15) is 4.31 Å². The molecule has 3 aliphatic heterocycles. The van der Waals surface area contributed by atoms with Crippen molar-refractivity contribution in [2.24, 2.45) is 11.7 Å². The van der Waals surface area contributed by atoms with Gasteiger partial charge in [0.2, 0.25) is 5.91 Å². The quantitative estimate of drug-likeness (QED) is 0.0992. The number of hydrogen-bond acceptors (Lipinski definition) is 18. The molecule has 48 heavy (non-hydrogen) atoms. The van der Waals surface area contributed by atoms with Gasteiger partial charge in [-0.05, 0) is 6.92 Å². The number of nitrogens with two attached hydrogens (primary N) is 2. The van der Waals surface area contributed by atoms with Crippen molar-refractivity contribution in [2.75, 3.05) is 18.9 Å². The van der Waals surface area contributed by atoms with Crippen LogP contribution in [0.1, 0.15) is 19.6 Å². The Morgan fingerprint density at radius 1 is 0.938 bits per heavy atom. The maximum absolute atomic E-state index is 12.5. The van der Waals surface area contributed by atoms with E-state index in [2.05, 4.69) is 19.3 Å². The van der Waals surface area contributed by atoms with Gasteiger partial charge in [0.15, 0.2) is 23.9 Å². The first-order valence-electron chi connectivity index (χ1n) is 14.1. The van der Waals surface area contributed by atoms with Crippen molar-refractivity contribution in [3.8, 4) is 0 Å². The molecule has 3 aliphatic rings. The van der Waals surface area contributed by atoms with E-state index in [-0.39, 0.29) is 34.8 Å². The zero-order valence-corrected chi connectivity index (χ0v) is 26.6. The fraction of sp³-hybridized carbons (Fsp3) is 0.542. The van der Waals surface area contributed by atoms with E-state index in [0.29, 0.717) is 0 Å². The van der Waals surface area contributed by atoms with Crippen molar-refractivity contribution in [1.82, 2.24) is 24.4 Å². The molecule has 0 spiro atoms. The van der Waals surface area contributed by atoms with Crippen LogP contribution >= 0.6 is 15.6 Å². The van der Waals surface area contributed by atoms with E-state index in [4.69, 9.17) is 30.0 Å². The first-order valence-corrected chi connectivity index (χ1v) is 17.1. The summed E-state index contributed by atoms with van der Waals surface area (Å²) in [6, 6.07) is 0. The molecule has 11 atom stereocenters. The Balaban J connectivity index is 1.15. The summed E-state index contributed by atoms with van der Waals surface area (Å²) in [4.78, 5) is 56.7. The van der Waals surface area contributed by atoms with Crippen molar-refractivity contribution >= 4 is 44.3 Å². The minimum Gasteiger partial charge on any atom is -0.387 e. The summed E-state index contributed by atoms with van der Waals surface area (Å²) in [6.45, 7) is -0.519. The monoisotopic (exact) mass is 721 g/mol. The average molecular weight is 722 g/mol. The van der Waals surface area contributed by atoms with Crippen LogP contribution in [0.5, 0.6) is 0 Å². The van der Waals surface area contributed by atoms with Crippen LogP contribution in [-0.4, -0.2) is 122 Å². The standard InChI is InChI=1S/C24H33N7O15P2/c1-10(32)4-11-2-3-30(5-12(11)21(26)37)23-18(35)16(33)13(44-23)6-42-47(38,39)46-48(40,41)43-7-14-17(34)19(36)24(45-14)31-9-29-15-20(25)27-8-28-22(15)31/h2-3,5,8-9,11,13-14,16-19,23-24,33-36H,4,6-7H2,1H3,(H2,26,37)(H,38,39)(H,40,41)(H2,25,27,28)/t11-,13-,14-,16-,17-,18-,19-,23-,24-/m1/s1. The third-order valence-electron chi connectivity index (χ3n) is 7.61. The number of phosphoric ester groups is 2. The van der Waals surface area contributed by atoms with Crippen molar-refractivity contribution in [1.29, 1.82) is 0 Å². The number of amides is 1. The van der Waals surface area contributed by atoms with Gasteiger partial charge in [0.1, 0.15) is 54.3 Å². The number of aliphatic hydroxyl groups excluding tert-OH is 4. The molecule has 0 aliphatic carbocycles. The number of nitrogens with zero attached hydrogens (tertiary/aromatic N) is 5. The van der Waals surface area contributed by atoms with E-state index >= 15 is 0 Å². The van der Waals surface area contributed by atoms with Gasteiger partial charge >= 0.3 is 15.6 Å². The Labute approximate surface area is 270 Å². The second-order valence-corrected chi connectivity index (χ2v) is 14.1. The molecule has 1 amide bonds. The highest BCUT2D eigenvalue weighted by Crippen LogP contribution is 2.60. The van der Waals surface area contributed by atoms with Gasteiger partial charge in [0, 0.05) is 30.3 Å². The SMILES string of the molecule is CC(=O)C[C@H]1C=CN([C@@H]2O[C@H](COP(=O)(O)OP(=O)(O)OC[C@H]3O[C@@H](n4cnc5c(N)ncnc54)[C@H](O)[C@@H]3O)[C@@H](O)[C@H]2O)C=C1C(N)=O. The summed E-state index contributed by atoms with van der Waals surface area (Å²) in [5.74, 6) is -1.63. The Morgan fingerprint density at radius 3 is 2.10 bits per heavy atom. The Kier molecular flexibility index (Phi) is 10.5. The number of fused-ring (bicyclic) bond motifs is 1.